The number of ketones is 1. The Labute approximate surface area is 57.4 Å². The third-order valence-corrected chi connectivity index (χ3v) is 1.21. The van der Waals surface area contributed by atoms with Crippen LogP contribution in [0.15, 0.2) is 24.3 Å². The molecule has 0 saturated carbocycles. The summed E-state index contributed by atoms with van der Waals surface area (Å²) in [7, 11) is 0. The Balaban J connectivity index is 2.82. The standard InChI is InChI=1S/C6H5ClO2/c7-6(9)3-1-5(8)2-4-6/h1-4,9H. The maximum absolute atomic E-state index is 10.4. The second-order valence-electron chi connectivity index (χ2n) is 1.80. The molecule has 1 rings (SSSR count). The van der Waals surface area contributed by atoms with Crippen LogP contribution in [0.3, 0.4) is 0 Å². The molecule has 0 spiro atoms. The molecule has 9 heavy (non-hydrogen) atoms. The number of hydrogen-bond donors (Lipinski definition) is 1. The van der Waals surface area contributed by atoms with Crippen LogP contribution < -0.4 is 0 Å². The predicted molar refractivity (Wildman–Crippen MR) is 34.1 cm³/mol. The summed E-state index contributed by atoms with van der Waals surface area (Å²) in [5, 5.41) is 7.48. The summed E-state index contributed by atoms with van der Waals surface area (Å²) in [4.78, 5) is 10.4. The van der Waals surface area contributed by atoms with Crippen LogP contribution in [0.2, 0.25) is 0 Å². The van der Waals surface area contributed by atoms with Crippen LogP contribution in [-0.4, -0.2) is 16.0 Å². The Morgan fingerprint density at radius 2 is 1.89 bits per heavy atom. The molecule has 0 atom stereocenters. The summed E-state index contributed by atoms with van der Waals surface area (Å²) in [5.74, 6) is -0.152. The zero-order valence-electron chi connectivity index (χ0n) is 4.54. The first-order valence-electron chi connectivity index (χ1n) is 2.44. The lowest BCUT2D eigenvalue weighted by Crippen LogP contribution is -2.16. The van der Waals surface area contributed by atoms with Crippen LogP contribution >= 0.6 is 11.6 Å². The van der Waals surface area contributed by atoms with Gasteiger partial charge >= 0.3 is 0 Å². The molecule has 48 valence electrons. The van der Waals surface area contributed by atoms with Crippen LogP contribution in [-0.2, 0) is 4.79 Å². The molecule has 0 aromatic rings. The van der Waals surface area contributed by atoms with Gasteiger partial charge in [0.15, 0.2) is 10.8 Å². The molecule has 0 radical (unpaired) electrons. The lowest BCUT2D eigenvalue weighted by molar-refractivity contribution is -0.110. The smallest absolute Gasteiger partial charge is 0.178 e. The second-order valence-corrected chi connectivity index (χ2v) is 2.40. The van der Waals surface area contributed by atoms with Crippen molar-refractivity contribution < 1.29 is 9.90 Å². The van der Waals surface area contributed by atoms with Crippen molar-refractivity contribution in [3.63, 3.8) is 0 Å². The van der Waals surface area contributed by atoms with Gasteiger partial charge < -0.3 is 5.11 Å². The summed E-state index contributed by atoms with van der Waals surface area (Å²) in [6.07, 6.45) is 4.92. The number of carbonyl (C=O) groups excluding carboxylic acids is 1. The highest BCUT2D eigenvalue weighted by Crippen LogP contribution is 2.17. The Kier molecular flexibility index (Phi) is 1.43. The quantitative estimate of drug-likeness (QED) is 0.506. The molecule has 0 amide bonds. The van der Waals surface area contributed by atoms with Gasteiger partial charge in [0, 0.05) is 0 Å². The number of hydrogen-bond acceptors (Lipinski definition) is 2. The van der Waals surface area contributed by atoms with E-state index in [1.54, 1.807) is 0 Å². The summed E-state index contributed by atoms with van der Waals surface area (Å²) in [6.45, 7) is 0. The van der Waals surface area contributed by atoms with Gasteiger partial charge in [-0.25, -0.2) is 0 Å². The van der Waals surface area contributed by atoms with Crippen molar-refractivity contribution in [3.05, 3.63) is 24.3 Å². The molecular formula is C6H5ClO2. The molecule has 0 fully saturated rings. The molecule has 1 aliphatic carbocycles. The van der Waals surface area contributed by atoms with Crippen molar-refractivity contribution >= 4 is 17.4 Å². The highest BCUT2D eigenvalue weighted by atomic mass is 35.5. The number of alkyl halides is 1. The Hall–Kier alpha value is -0.600. The minimum absolute atomic E-state index is 0.152. The summed E-state index contributed by atoms with van der Waals surface area (Å²) >= 11 is 5.37. The minimum Gasteiger partial charge on any atom is -0.368 e. The van der Waals surface area contributed by atoms with Crippen molar-refractivity contribution in [2.75, 3.05) is 0 Å². The van der Waals surface area contributed by atoms with Gasteiger partial charge in [0.1, 0.15) is 0 Å². The molecular weight excluding hydrogens is 140 g/mol. The Bertz CT molecular complexity index is 173. The summed E-state index contributed by atoms with van der Waals surface area (Å²) in [6, 6.07) is 0. The van der Waals surface area contributed by atoms with Gasteiger partial charge in [0.05, 0.1) is 0 Å². The fourth-order valence-electron chi connectivity index (χ4n) is 0.509. The highest BCUT2D eigenvalue weighted by molar-refractivity contribution is 6.26. The lowest BCUT2D eigenvalue weighted by atomic mass is 10.1. The first-order valence-corrected chi connectivity index (χ1v) is 2.82. The Morgan fingerprint density at radius 1 is 1.44 bits per heavy atom. The normalized spacial score (nSPS) is 22.7. The van der Waals surface area contributed by atoms with E-state index in [4.69, 9.17) is 16.7 Å². The van der Waals surface area contributed by atoms with Gasteiger partial charge in [0.2, 0.25) is 0 Å². The largest absolute Gasteiger partial charge is 0.368 e. The highest BCUT2D eigenvalue weighted by Gasteiger charge is 2.17. The lowest BCUT2D eigenvalue weighted by Gasteiger charge is -2.11. The van der Waals surface area contributed by atoms with E-state index < -0.39 is 5.06 Å². The third kappa shape index (κ3) is 1.66. The van der Waals surface area contributed by atoms with Crippen molar-refractivity contribution in [1.82, 2.24) is 0 Å². The molecule has 0 aliphatic heterocycles. The maximum atomic E-state index is 10.4. The van der Waals surface area contributed by atoms with E-state index in [2.05, 4.69) is 0 Å². The van der Waals surface area contributed by atoms with E-state index in [9.17, 15) is 4.79 Å². The predicted octanol–water partition coefficient (Wildman–Crippen LogP) is 0.609. The third-order valence-electron chi connectivity index (χ3n) is 0.963. The van der Waals surface area contributed by atoms with E-state index >= 15 is 0 Å². The molecule has 0 heterocycles. The monoisotopic (exact) mass is 144 g/mol. The number of rotatable bonds is 0. The van der Waals surface area contributed by atoms with Gasteiger partial charge in [-0.2, -0.15) is 0 Å². The average Bonchev–Trinajstić information content (AvgIpc) is 1.78. The van der Waals surface area contributed by atoms with Gasteiger partial charge in [-0.3, -0.25) is 4.79 Å². The van der Waals surface area contributed by atoms with Crippen LogP contribution in [0.1, 0.15) is 0 Å². The van der Waals surface area contributed by atoms with Crippen LogP contribution in [0.4, 0.5) is 0 Å². The topological polar surface area (TPSA) is 37.3 Å². The fraction of sp³-hybridized carbons (Fsp3) is 0.167. The van der Waals surface area contributed by atoms with E-state index in [0.717, 1.165) is 0 Å². The first kappa shape index (κ1) is 6.52. The molecule has 0 aromatic carbocycles. The SMILES string of the molecule is O=C1C=CC(O)(Cl)C=C1. The first-order chi connectivity index (χ1) is 4.10. The molecule has 1 N–H and O–H groups in total. The van der Waals surface area contributed by atoms with Crippen molar-refractivity contribution in [1.29, 1.82) is 0 Å². The fourth-order valence-corrected chi connectivity index (χ4v) is 0.635. The van der Waals surface area contributed by atoms with Crippen molar-refractivity contribution in [2.24, 2.45) is 0 Å². The van der Waals surface area contributed by atoms with Gasteiger partial charge in [0.25, 0.3) is 0 Å². The number of carbonyl (C=O) groups is 1. The van der Waals surface area contributed by atoms with Gasteiger partial charge in [-0.15, -0.1) is 0 Å². The number of halogens is 1. The molecule has 0 aromatic heterocycles. The maximum Gasteiger partial charge on any atom is 0.178 e. The minimum atomic E-state index is -1.45. The van der Waals surface area contributed by atoms with Crippen LogP contribution in [0, 0.1) is 0 Å². The molecule has 2 nitrogen and oxygen atoms in total. The van der Waals surface area contributed by atoms with E-state index in [0.29, 0.717) is 0 Å². The van der Waals surface area contributed by atoms with Crippen molar-refractivity contribution in [2.45, 2.75) is 5.06 Å². The van der Waals surface area contributed by atoms with Gasteiger partial charge in [-0.1, -0.05) is 11.6 Å². The molecule has 0 bridgehead atoms. The van der Waals surface area contributed by atoms with E-state index in [-0.39, 0.29) is 5.78 Å². The van der Waals surface area contributed by atoms with Gasteiger partial charge in [-0.05, 0) is 24.3 Å². The Morgan fingerprint density at radius 3 is 2.22 bits per heavy atom. The zero-order chi connectivity index (χ0) is 6.91. The average molecular weight is 145 g/mol. The summed E-state index contributed by atoms with van der Waals surface area (Å²) < 4.78 is 0. The van der Waals surface area contributed by atoms with Crippen molar-refractivity contribution in [3.8, 4) is 0 Å². The zero-order valence-corrected chi connectivity index (χ0v) is 5.30. The van der Waals surface area contributed by atoms with E-state index in [1.165, 1.54) is 24.3 Å². The molecule has 1 aliphatic rings. The molecule has 0 saturated heterocycles. The van der Waals surface area contributed by atoms with Crippen LogP contribution in [0.5, 0.6) is 0 Å². The number of aliphatic hydroxyl groups is 1. The van der Waals surface area contributed by atoms with E-state index in [1.807, 2.05) is 0 Å². The molecule has 3 heteroatoms. The molecule has 0 unspecified atom stereocenters. The summed E-state index contributed by atoms with van der Waals surface area (Å²) in [5.41, 5.74) is 0. The van der Waals surface area contributed by atoms with Crippen LogP contribution in [0.25, 0.3) is 0 Å². The number of allylic oxidation sites excluding steroid dienone is 2. The second kappa shape index (κ2) is 1.97.